The lowest BCUT2D eigenvalue weighted by Crippen LogP contribution is -2.31. The third-order valence-electron chi connectivity index (χ3n) is 5.15. The number of aryl methyl sites for hydroxylation is 1. The van der Waals surface area contributed by atoms with Gasteiger partial charge < -0.3 is 0 Å². The van der Waals surface area contributed by atoms with E-state index in [1.165, 1.54) is 16.7 Å². The van der Waals surface area contributed by atoms with E-state index in [1.807, 2.05) is 6.92 Å². The zero-order valence-corrected chi connectivity index (χ0v) is 15.2. The van der Waals surface area contributed by atoms with E-state index in [1.54, 1.807) is 12.1 Å². The molecule has 2 heterocycles. The van der Waals surface area contributed by atoms with Gasteiger partial charge in [-0.15, -0.1) is 0 Å². The summed E-state index contributed by atoms with van der Waals surface area (Å²) >= 11 is 0. The Kier molecular flexibility index (Phi) is 4.17. The number of carbonyl (C=O) groups is 1. The van der Waals surface area contributed by atoms with Crippen LogP contribution in [-0.2, 0) is 4.79 Å². The molecule has 4 rings (SSSR count). The second-order valence-corrected chi connectivity index (χ2v) is 7.58. The summed E-state index contributed by atoms with van der Waals surface area (Å²) in [4.78, 5) is 21.4. The van der Waals surface area contributed by atoms with Gasteiger partial charge in [-0.25, -0.2) is 18.7 Å². The molecule has 7 heteroatoms. The Bertz CT molecular complexity index is 1020. The van der Waals surface area contributed by atoms with Gasteiger partial charge in [-0.05, 0) is 49.4 Å². The van der Waals surface area contributed by atoms with Gasteiger partial charge >= 0.3 is 0 Å². The maximum atomic E-state index is 13.8. The number of nitrogens with one attached hydrogen (secondary N) is 1. The molecular formula is C20H20F2N4O. The highest BCUT2D eigenvalue weighted by Crippen LogP contribution is 2.43. The number of halogens is 2. The van der Waals surface area contributed by atoms with E-state index in [2.05, 4.69) is 22.2 Å². The van der Waals surface area contributed by atoms with Crippen LogP contribution in [0.5, 0.6) is 0 Å². The molecule has 140 valence electrons. The number of anilines is 1. The zero-order chi connectivity index (χ0) is 19.2. The fourth-order valence-electron chi connectivity index (χ4n) is 3.56. The van der Waals surface area contributed by atoms with Crippen molar-refractivity contribution in [2.45, 2.75) is 39.5 Å². The van der Waals surface area contributed by atoms with E-state index in [9.17, 15) is 13.6 Å². The number of benzene rings is 1. The molecule has 5 nitrogen and oxygen atoms in total. The molecule has 0 bridgehead atoms. The fraction of sp³-hybridized carbons (Fsp3) is 0.350. The molecule has 1 N–H and O–H groups in total. The molecule has 0 atom stereocenters. The molecule has 1 fully saturated rings. The van der Waals surface area contributed by atoms with Gasteiger partial charge in [-0.2, -0.15) is 0 Å². The third kappa shape index (κ3) is 3.41. The predicted octanol–water partition coefficient (Wildman–Crippen LogP) is 4.53. The standard InChI is InChI=1S/C20H20F2N4O/c1-12-4-5-16-18(23-12)26(15-9-13(21)8-14(22)10-15)19(24-16)25-17(27)11-20(2)6-3-7-20/h4-5,8-10H,3,6-7,11H2,1-2H3,(H,24,25,27). The SMILES string of the molecule is Cc1ccc2nc(NC(=O)CC3(C)CCC3)n(-c3cc(F)cc(F)c3)c2n1. The first-order valence-electron chi connectivity index (χ1n) is 8.95. The van der Waals surface area contributed by atoms with Gasteiger partial charge in [0, 0.05) is 18.2 Å². The number of pyridine rings is 1. The van der Waals surface area contributed by atoms with E-state index in [0.29, 0.717) is 17.6 Å². The van der Waals surface area contributed by atoms with Crippen molar-refractivity contribution < 1.29 is 13.6 Å². The van der Waals surface area contributed by atoms with Crippen LogP contribution in [0.3, 0.4) is 0 Å². The van der Waals surface area contributed by atoms with Crippen molar-refractivity contribution in [3.63, 3.8) is 0 Å². The Balaban J connectivity index is 1.78. The molecule has 1 saturated carbocycles. The number of hydrogen-bond acceptors (Lipinski definition) is 3. The molecule has 1 aliphatic rings. The molecule has 27 heavy (non-hydrogen) atoms. The van der Waals surface area contributed by atoms with E-state index in [-0.39, 0.29) is 23.0 Å². The van der Waals surface area contributed by atoms with Crippen molar-refractivity contribution >= 4 is 23.0 Å². The van der Waals surface area contributed by atoms with Crippen LogP contribution in [0.4, 0.5) is 14.7 Å². The third-order valence-corrected chi connectivity index (χ3v) is 5.15. The molecule has 0 unspecified atom stereocenters. The first-order valence-corrected chi connectivity index (χ1v) is 8.95. The minimum atomic E-state index is -0.709. The Morgan fingerprint density at radius 1 is 1.19 bits per heavy atom. The van der Waals surface area contributed by atoms with Crippen LogP contribution in [0.1, 0.15) is 38.3 Å². The molecule has 0 aliphatic heterocycles. The van der Waals surface area contributed by atoms with Crippen LogP contribution in [0.2, 0.25) is 0 Å². The minimum absolute atomic E-state index is 0.0146. The largest absolute Gasteiger partial charge is 0.296 e. The number of aromatic nitrogens is 3. The highest BCUT2D eigenvalue weighted by molar-refractivity contribution is 5.92. The zero-order valence-electron chi connectivity index (χ0n) is 15.2. The van der Waals surface area contributed by atoms with E-state index in [0.717, 1.165) is 31.0 Å². The monoisotopic (exact) mass is 370 g/mol. The molecule has 0 saturated heterocycles. The molecule has 1 amide bonds. The molecule has 2 aromatic heterocycles. The maximum Gasteiger partial charge on any atom is 0.227 e. The van der Waals surface area contributed by atoms with Crippen molar-refractivity contribution in [2.75, 3.05) is 5.32 Å². The quantitative estimate of drug-likeness (QED) is 0.734. The second kappa shape index (κ2) is 6.40. The summed E-state index contributed by atoms with van der Waals surface area (Å²) in [5.74, 6) is -1.37. The van der Waals surface area contributed by atoms with Gasteiger partial charge in [0.2, 0.25) is 11.9 Å². The van der Waals surface area contributed by atoms with Crippen molar-refractivity contribution in [1.29, 1.82) is 0 Å². The van der Waals surface area contributed by atoms with Crippen LogP contribution in [0, 0.1) is 24.0 Å². The summed E-state index contributed by atoms with van der Waals surface area (Å²) in [5, 5.41) is 2.81. The summed E-state index contributed by atoms with van der Waals surface area (Å²) in [6.07, 6.45) is 3.56. The van der Waals surface area contributed by atoms with E-state index >= 15 is 0 Å². The Labute approximate surface area is 155 Å². The molecular weight excluding hydrogens is 350 g/mol. The number of fused-ring (bicyclic) bond motifs is 1. The summed E-state index contributed by atoms with van der Waals surface area (Å²) in [7, 11) is 0. The van der Waals surface area contributed by atoms with Crippen LogP contribution in [0.25, 0.3) is 16.9 Å². The number of imidazole rings is 1. The Morgan fingerprint density at radius 3 is 2.52 bits per heavy atom. The summed E-state index contributed by atoms with van der Waals surface area (Å²) in [5.41, 5.74) is 1.94. The lowest BCUT2D eigenvalue weighted by atomic mass is 9.68. The Morgan fingerprint density at radius 2 is 1.89 bits per heavy atom. The minimum Gasteiger partial charge on any atom is -0.296 e. The van der Waals surface area contributed by atoms with Gasteiger partial charge in [0.25, 0.3) is 0 Å². The van der Waals surface area contributed by atoms with Crippen molar-refractivity contribution in [2.24, 2.45) is 5.41 Å². The van der Waals surface area contributed by atoms with Gasteiger partial charge in [-0.3, -0.25) is 14.7 Å². The summed E-state index contributed by atoms with van der Waals surface area (Å²) < 4.78 is 29.1. The highest BCUT2D eigenvalue weighted by Gasteiger charge is 2.34. The van der Waals surface area contributed by atoms with Crippen molar-refractivity contribution in [3.8, 4) is 5.69 Å². The van der Waals surface area contributed by atoms with Gasteiger partial charge in [0.05, 0.1) is 5.69 Å². The number of carbonyl (C=O) groups excluding carboxylic acids is 1. The lowest BCUT2D eigenvalue weighted by molar-refractivity contribution is -0.119. The van der Waals surface area contributed by atoms with Crippen molar-refractivity contribution in [1.82, 2.24) is 14.5 Å². The van der Waals surface area contributed by atoms with Gasteiger partial charge in [0.1, 0.15) is 17.2 Å². The summed E-state index contributed by atoms with van der Waals surface area (Å²) in [6.45, 7) is 3.91. The maximum absolute atomic E-state index is 13.8. The normalized spacial score (nSPS) is 15.6. The number of rotatable bonds is 4. The van der Waals surface area contributed by atoms with Crippen LogP contribution in [0.15, 0.2) is 30.3 Å². The first kappa shape index (κ1) is 17.6. The van der Waals surface area contributed by atoms with Crippen LogP contribution >= 0.6 is 0 Å². The predicted molar refractivity (Wildman–Crippen MR) is 98.7 cm³/mol. The van der Waals surface area contributed by atoms with Crippen LogP contribution < -0.4 is 5.32 Å². The van der Waals surface area contributed by atoms with Crippen molar-refractivity contribution in [3.05, 3.63) is 47.7 Å². The molecule has 1 aliphatic carbocycles. The molecule has 0 radical (unpaired) electrons. The second-order valence-electron chi connectivity index (χ2n) is 7.58. The molecule has 3 aromatic rings. The first-order chi connectivity index (χ1) is 12.8. The number of hydrogen-bond donors (Lipinski definition) is 1. The number of nitrogens with zero attached hydrogens (tertiary/aromatic N) is 3. The fourth-order valence-corrected chi connectivity index (χ4v) is 3.56. The lowest BCUT2D eigenvalue weighted by Gasteiger charge is -2.37. The van der Waals surface area contributed by atoms with Crippen LogP contribution in [-0.4, -0.2) is 20.4 Å². The van der Waals surface area contributed by atoms with Gasteiger partial charge in [0.15, 0.2) is 5.65 Å². The Hall–Kier alpha value is -2.83. The van der Waals surface area contributed by atoms with E-state index in [4.69, 9.17) is 0 Å². The smallest absolute Gasteiger partial charge is 0.227 e. The molecule has 0 spiro atoms. The summed E-state index contributed by atoms with van der Waals surface area (Å²) in [6, 6.07) is 6.75. The average molecular weight is 370 g/mol. The number of amides is 1. The van der Waals surface area contributed by atoms with E-state index < -0.39 is 11.6 Å². The average Bonchev–Trinajstić information content (AvgIpc) is 2.89. The van der Waals surface area contributed by atoms with Gasteiger partial charge in [-0.1, -0.05) is 13.3 Å². The highest BCUT2D eigenvalue weighted by atomic mass is 19.1. The topological polar surface area (TPSA) is 59.8 Å². The molecule has 1 aromatic carbocycles.